The highest BCUT2D eigenvalue weighted by Gasteiger charge is 2.61. The predicted molar refractivity (Wildman–Crippen MR) is 94.6 cm³/mol. The van der Waals surface area contributed by atoms with E-state index in [4.69, 9.17) is 9.47 Å². The number of benzene rings is 2. The topological polar surface area (TPSA) is 30.8 Å². The number of hydrogen-bond acceptors (Lipinski definition) is 3. The van der Waals surface area contributed by atoms with Gasteiger partial charge in [0.15, 0.2) is 0 Å². The second-order valence-corrected chi connectivity index (χ2v) is 6.27. The quantitative estimate of drug-likeness (QED) is 0.608. The van der Waals surface area contributed by atoms with E-state index in [9.17, 15) is 26.3 Å². The number of alkyl halides is 6. The van der Waals surface area contributed by atoms with E-state index in [1.807, 2.05) is 0 Å². The van der Waals surface area contributed by atoms with Gasteiger partial charge in [0.1, 0.15) is 5.75 Å². The zero-order chi connectivity index (χ0) is 21.3. The number of aliphatic imine (C=N–C) groups is 1. The first-order valence-electron chi connectivity index (χ1n) is 8.35. The summed E-state index contributed by atoms with van der Waals surface area (Å²) >= 11 is 0. The lowest BCUT2D eigenvalue weighted by atomic mass is 9.93. The van der Waals surface area contributed by atoms with Crippen LogP contribution in [0.25, 0.3) is 6.08 Å². The molecule has 0 aliphatic carbocycles. The fourth-order valence-electron chi connectivity index (χ4n) is 2.81. The van der Waals surface area contributed by atoms with Crippen molar-refractivity contribution in [3.05, 3.63) is 71.3 Å². The number of methoxy groups -OCH3 is 1. The van der Waals surface area contributed by atoms with E-state index >= 15 is 0 Å². The minimum absolute atomic E-state index is 0.161. The van der Waals surface area contributed by atoms with Gasteiger partial charge in [0.2, 0.25) is 11.5 Å². The first-order chi connectivity index (χ1) is 13.5. The Labute approximate surface area is 162 Å². The van der Waals surface area contributed by atoms with Gasteiger partial charge in [0.25, 0.3) is 0 Å². The third-order valence-corrected chi connectivity index (χ3v) is 4.39. The van der Waals surface area contributed by atoms with Crippen molar-refractivity contribution in [2.24, 2.45) is 4.99 Å². The van der Waals surface area contributed by atoms with Crippen molar-refractivity contribution in [2.45, 2.75) is 18.0 Å². The highest BCUT2D eigenvalue weighted by molar-refractivity contribution is 5.93. The zero-order valence-corrected chi connectivity index (χ0v) is 15.0. The standard InChI is InChI=1S/C20H15F6NO2/c1-28-16-4-2-3-15(11-16)18(20(24,25)26)12-27-17(29-18)10-7-13-5-8-14(9-6-13)19(21,22)23/h2-11H,12H2,1H3/b10-7+. The molecule has 0 amide bonds. The molecular formula is C20H15F6NO2. The summed E-state index contributed by atoms with van der Waals surface area (Å²) in [6, 6.07) is 9.59. The average molecular weight is 415 g/mol. The number of rotatable bonds is 4. The highest BCUT2D eigenvalue weighted by Crippen LogP contribution is 2.46. The maximum Gasteiger partial charge on any atom is 0.434 e. The van der Waals surface area contributed by atoms with Crippen molar-refractivity contribution in [3.8, 4) is 5.75 Å². The van der Waals surface area contributed by atoms with E-state index in [-0.39, 0.29) is 17.2 Å². The molecule has 1 atom stereocenters. The van der Waals surface area contributed by atoms with Crippen LogP contribution in [-0.2, 0) is 16.5 Å². The van der Waals surface area contributed by atoms with Crippen LogP contribution in [0.15, 0.2) is 59.6 Å². The number of hydrogen-bond donors (Lipinski definition) is 0. The van der Waals surface area contributed by atoms with E-state index in [2.05, 4.69) is 4.99 Å². The van der Waals surface area contributed by atoms with Crippen molar-refractivity contribution in [1.29, 1.82) is 0 Å². The van der Waals surface area contributed by atoms with E-state index in [0.29, 0.717) is 5.56 Å². The van der Waals surface area contributed by atoms with Crippen LogP contribution in [-0.4, -0.2) is 25.7 Å². The van der Waals surface area contributed by atoms with Gasteiger partial charge in [-0.05, 0) is 35.9 Å². The average Bonchev–Trinajstić information content (AvgIpc) is 3.12. The summed E-state index contributed by atoms with van der Waals surface area (Å²) in [5.41, 5.74) is -3.29. The van der Waals surface area contributed by atoms with Crippen molar-refractivity contribution in [1.82, 2.24) is 0 Å². The van der Waals surface area contributed by atoms with Gasteiger partial charge < -0.3 is 9.47 Å². The van der Waals surface area contributed by atoms with Gasteiger partial charge in [-0.2, -0.15) is 26.3 Å². The van der Waals surface area contributed by atoms with Crippen molar-refractivity contribution in [2.75, 3.05) is 13.7 Å². The molecule has 154 valence electrons. The largest absolute Gasteiger partial charge is 0.497 e. The molecule has 1 heterocycles. The molecule has 2 aromatic carbocycles. The summed E-state index contributed by atoms with van der Waals surface area (Å²) < 4.78 is 89.5. The predicted octanol–water partition coefficient (Wildman–Crippen LogP) is 5.61. The summed E-state index contributed by atoms with van der Waals surface area (Å²) in [4.78, 5) is 3.83. The minimum atomic E-state index is -4.76. The smallest absolute Gasteiger partial charge is 0.434 e. The molecule has 3 nitrogen and oxygen atoms in total. The Morgan fingerprint density at radius 2 is 1.69 bits per heavy atom. The van der Waals surface area contributed by atoms with Gasteiger partial charge in [-0.25, -0.2) is 4.99 Å². The molecule has 0 saturated carbocycles. The van der Waals surface area contributed by atoms with Crippen LogP contribution in [0.2, 0.25) is 0 Å². The van der Waals surface area contributed by atoms with Crippen molar-refractivity contribution in [3.63, 3.8) is 0 Å². The molecule has 0 saturated heterocycles. The van der Waals surface area contributed by atoms with Crippen LogP contribution >= 0.6 is 0 Å². The Morgan fingerprint density at radius 3 is 2.28 bits per heavy atom. The number of ether oxygens (including phenoxy) is 2. The van der Waals surface area contributed by atoms with E-state index in [0.717, 1.165) is 12.1 Å². The Hall–Kier alpha value is -2.97. The van der Waals surface area contributed by atoms with E-state index < -0.39 is 30.1 Å². The van der Waals surface area contributed by atoms with Crippen LogP contribution in [0.1, 0.15) is 16.7 Å². The van der Waals surface area contributed by atoms with Crippen LogP contribution in [0.3, 0.4) is 0 Å². The maximum atomic E-state index is 13.9. The van der Waals surface area contributed by atoms with Crippen LogP contribution < -0.4 is 4.74 Å². The summed E-state index contributed by atoms with van der Waals surface area (Å²) in [7, 11) is 1.34. The molecule has 1 aliphatic heterocycles. The van der Waals surface area contributed by atoms with Gasteiger partial charge in [0.05, 0.1) is 19.2 Å². The van der Waals surface area contributed by atoms with Crippen LogP contribution in [0.5, 0.6) is 5.75 Å². The molecule has 29 heavy (non-hydrogen) atoms. The van der Waals surface area contributed by atoms with E-state index in [1.54, 1.807) is 0 Å². The van der Waals surface area contributed by atoms with Crippen molar-refractivity contribution < 1.29 is 35.8 Å². The molecule has 9 heteroatoms. The molecule has 0 aromatic heterocycles. The summed E-state index contributed by atoms with van der Waals surface area (Å²) in [6.45, 7) is -0.684. The SMILES string of the molecule is COc1cccc(C2(C(F)(F)F)CN=C(/C=C/c3ccc(C(F)(F)F)cc3)O2)c1. The fraction of sp³-hybridized carbons (Fsp3) is 0.250. The summed E-state index contributed by atoms with van der Waals surface area (Å²) in [5, 5.41) is 0. The van der Waals surface area contributed by atoms with Gasteiger partial charge in [-0.15, -0.1) is 0 Å². The summed E-state index contributed by atoms with van der Waals surface area (Å²) in [6.07, 6.45) is -6.70. The Bertz CT molecular complexity index is 931. The molecule has 1 unspecified atom stereocenters. The molecule has 1 aliphatic rings. The highest BCUT2D eigenvalue weighted by atomic mass is 19.4. The second kappa shape index (κ2) is 7.46. The third-order valence-electron chi connectivity index (χ3n) is 4.39. The molecule has 0 fully saturated rings. The van der Waals surface area contributed by atoms with Crippen LogP contribution in [0.4, 0.5) is 26.3 Å². The summed E-state index contributed by atoms with van der Waals surface area (Å²) in [5.74, 6) is -0.0338. The minimum Gasteiger partial charge on any atom is -0.497 e. The number of halogens is 6. The lowest BCUT2D eigenvalue weighted by molar-refractivity contribution is -0.249. The Morgan fingerprint density at radius 1 is 1.00 bits per heavy atom. The fourth-order valence-corrected chi connectivity index (χ4v) is 2.81. The van der Waals surface area contributed by atoms with Crippen molar-refractivity contribution >= 4 is 12.0 Å². The van der Waals surface area contributed by atoms with Gasteiger partial charge >= 0.3 is 12.4 Å². The van der Waals surface area contributed by atoms with Gasteiger partial charge in [-0.3, -0.25) is 0 Å². The first-order valence-corrected chi connectivity index (χ1v) is 8.35. The third kappa shape index (κ3) is 4.23. The molecule has 0 radical (unpaired) electrons. The molecule has 0 spiro atoms. The Balaban J connectivity index is 1.82. The lowest BCUT2D eigenvalue weighted by Crippen LogP contribution is -2.45. The Kier molecular flexibility index (Phi) is 5.34. The monoisotopic (exact) mass is 415 g/mol. The van der Waals surface area contributed by atoms with Gasteiger partial charge in [-0.1, -0.05) is 24.3 Å². The second-order valence-electron chi connectivity index (χ2n) is 6.27. The first kappa shape index (κ1) is 20.8. The normalized spacial score (nSPS) is 19.9. The molecule has 0 N–H and O–H groups in total. The molecule has 2 aromatic rings. The molecule has 0 bridgehead atoms. The molecule has 3 rings (SSSR count). The van der Waals surface area contributed by atoms with Crippen LogP contribution in [0, 0.1) is 0 Å². The van der Waals surface area contributed by atoms with E-state index in [1.165, 1.54) is 55.7 Å². The van der Waals surface area contributed by atoms with Gasteiger partial charge in [0, 0.05) is 11.6 Å². The molecular weight excluding hydrogens is 400 g/mol. The maximum absolute atomic E-state index is 13.9. The number of nitrogens with zero attached hydrogens (tertiary/aromatic N) is 1. The lowest BCUT2D eigenvalue weighted by Gasteiger charge is -2.31. The zero-order valence-electron chi connectivity index (χ0n) is 15.0.